The van der Waals surface area contributed by atoms with Crippen molar-refractivity contribution in [3.05, 3.63) is 53.5 Å². The number of nitrogens with two attached hydrogens (primary N) is 1. The summed E-state index contributed by atoms with van der Waals surface area (Å²) < 4.78 is 0. The van der Waals surface area contributed by atoms with Crippen molar-refractivity contribution >= 4 is 5.82 Å². The zero-order valence-corrected chi connectivity index (χ0v) is 13.3. The van der Waals surface area contributed by atoms with Crippen LogP contribution in [0.1, 0.15) is 37.7 Å². The van der Waals surface area contributed by atoms with Crippen molar-refractivity contribution in [2.75, 3.05) is 11.9 Å². The molecule has 112 valence electrons. The van der Waals surface area contributed by atoms with Gasteiger partial charge in [-0.2, -0.15) is 0 Å². The molecule has 0 aliphatic rings. The van der Waals surface area contributed by atoms with E-state index in [2.05, 4.69) is 42.8 Å². The molecule has 0 atom stereocenters. The third-order valence-electron chi connectivity index (χ3n) is 3.39. The van der Waals surface area contributed by atoms with E-state index in [4.69, 9.17) is 10.7 Å². The van der Waals surface area contributed by atoms with E-state index in [1.807, 2.05) is 31.4 Å². The number of hydrogen-bond acceptors (Lipinski definition) is 4. The Bertz CT molecular complexity index is 587. The first kappa shape index (κ1) is 15.4. The van der Waals surface area contributed by atoms with Gasteiger partial charge in [0.15, 0.2) is 0 Å². The molecular weight excluding hydrogens is 260 g/mol. The molecule has 21 heavy (non-hydrogen) atoms. The van der Waals surface area contributed by atoms with Gasteiger partial charge < -0.3 is 10.6 Å². The predicted molar refractivity (Wildman–Crippen MR) is 87.2 cm³/mol. The SMILES string of the molecule is CN(Cc1ccccn1)c1cc(CN)cc(C(C)(C)C)n1. The Kier molecular flexibility index (Phi) is 4.58. The molecule has 0 aliphatic heterocycles. The fraction of sp³-hybridized carbons (Fsp3) is 0.412. The van der Waals surface area contributed by atoms with Gasteiger partial charge in [0.2, 0.25) is 0 Å². The van der Waals surface area contributed by atoms with Crippen LogP contribution in [-0.4, -0.2) is 17.0 Å². The van der Waals surface area contributed by atoms with Gasteiger partial charge in [-0.05, 0) is 29.8 Å². The second-order valence-corrected chi connectivity index (χ2v) is 6.35. The smallest absolute Gasteiger partial charge is 0.129 e. The topological polar surface area (TPSA) is 55.0 Å². The van der Waals surface area contributed by atoms with E-state index in [1.54, 1.807) is 0 Å². The van der Waals surface area contributed by atoms with Crippen molar-refractivity contribution in [1.29, 1.82) is 0 Å². The molecule has 4 heteroatoms. The van der Waals surface area contributed by atoms with Crippen LogP contribution in [0.2, 0.25) is 0 Å². The van der Waals surface area contributed by atoms with Crippen LogP contribution in [0, 0.1) is 0 Å². The second kappa shape index (κ2) is 6.22. The van der Waals surface area contributed by atoms with Crippen LogP contribution in [0.4, 0.5) is 5.82 Å². The van der Waals surface area contributed by atoms with Gasteiger partial charge in [-0.1, -0.05) is 26.8 Å². The lowest BCUT2D eigenvalue weighted by Crippen LogP contribution is -2.22. The summed E-state index contributed by atoms with van der Waals surface area (Å²) in [6.07, 6.45) is 1.81. The summed E-state index contributed by atoms with van der Waals surface area (Å²) in [7, 11) is 2.03. The highest BCUT2D eigenvalue weighted by molar-refractivity contribution is 5.43. The first-order valence-electron chi connectivity index (χ1n) is 7.22. The highest BCUT2D eigenvalue weighted by atomic mass is 15.2. The number of nitrogens with zero attached hydrogens (tertiary/aromatic N) is 3. The third-order valence-corrected chi connectivity index (χ3v) is 3.39. The van der Waals surface area contributed by atoms with E-state index in [9.17, 15) is 0 Å². The quantitative estimate of drug-likeness (QED) is 0.938. The lowest BCUT2D eigenvalue weighted by molar-refractivity contribution is 0.567. The van der Waals surface area contributed by atoms with Crippen LogP contribution in [-0.2, 0) is 18.5 Å². The first-order valence-corrected chi connectivity index (χ1v) is 7.22. The average Bonchev–Trinajstić information content (AvgIpc) is 2.46. The maximum absolute atomic E-state index is 5.82. The normalized spacial score (nSPS) is 11.5. The zero-order chi connectivity index (χ0) is 15.5. The minimum Gasteiger partial charge on any atom is -0.354 e. The Morgan fingerprint density at radius 3 is 2.52 bits per heavy atom. The van der Waals surface area contributed by atoms with Crippen molar-refractivity contribution in [2.45, 2.75) is 39.3 Å². The predicted octanol–water partition coefficient (Wildman–Crippen LogP) is 2.87. The summed E-state index contributed by atoms with van der Waals surface area (Å²) in [6.45, 7) is 7.75. The molecule has 0 aromatic carbocycles. The molecule has 2 aromatic rings. The molecule has 0 saturated heterocycles. The average molecular weight is 284 g/mol. The van der Waals surface area contributed by atoms with Crippen LogP contribution < -0.4 is 10.6 Å². The number of aromatic nitrogens is 2. The number of rotatable bonds is 4. The Morgan fingerprint density at radius 2 is 1.95 bits per heavy atom. The molecule has 4 nitrogen and oxygen atoms in total. The summed E-state index contributed by atoms with van der Waals surface area (Å²) in [6, 6.07) is 10.1. The molecule has 2 aromatic heterocycles. The zero-order valence-electron chi connectivity index (χ0n) is 13.3. The molecule has 0 bridgehead atoms. The monoisotopic (exact) mass is 284 g/mol. The maximum atomic E-state index is 5.82. The molecule has 2 heterocycles. The van der Waals surface area contributed by atoms with Gasteiger partial charge in [0.05, 0.1) is 12.2 Å². The lowest BCUT2D eigenvalue weighted by atomic mass is 9.90. The summed E-state index contributed by atoms with van der Waals surface area (Å²) in [5.74, 6) is 0.938. The van der Waals surface area contributed by atoms with Gasteiger partial charge in [-0.15, -0.1) is 0 Å². The highest BCUT2D eigenvalue weighted by Crippen LogP contribution is 2.24. The van der Waals surface area contributed by atoms with E-state index in [0.29, 0.717) is 6.54 Å². The fourth-order valence-electron chi connectivity index (χ4n) is 2.08. The molecule has 0 amide bonds. The minimum absolute atomic E-state index is 0.00572. The van der Waals surface area contributed by atoms with E-state index >= 15 is 0 Å². The number of pyridine rings is 2. The van der Waals surface area contributed by atoms with Crippen molar-refractivity contribution in [3.63, 3.8) is 0 Å². The van der Waals surface area contributed by atoms with Crippen LogP contribution in [0.5, 0.6) is 0 Å². The number of hydrogen-bond donors (Lipinski definition) is 1. The largest absolute Gasteiger partial charge is 0.354 e. The Labute approximate surface area is 127 Å². The van der Waals surface area contributed by atoms with Gasteiger partial charge in [0, 0.05) is 30.9 Å². The minimum atomic E-state index is 0.00572. The van der Waals surface area contributed by atoms with Crippen LogP contribution in [0.25, 0.3) is 0 Å². The van der Waals surface area contributed by atoms with E-state index < -0.39 is 0 Å². The van der Waals surface area contributed by atoms with E-state index in [1.165, 1.54) is 0 Å². The molecule has 0 saturated carbocycles. The molecular formula is C17H24N4. The molecule has 0 aliphatic carbocycles. The van der Waals surface area contributed by atoms with Gasteiger partial charge in [0.1, 0.15) is 5.82 Å². The molecule has 2 rings (SSSR count). The van der Waals surface area contributed by atoms with Gasteiger partial charge >= 0.3 is 0 Å². The molecule has 0 fully saturated rings. The van der Waals surface area contributed by atoms with Gasteiger partial charge in [-0.3, -0.25) is 4.98 Å². The highest BCUT2D eigenvalue weighted by Gasteiger charge is 2.18. The first-order chi connectivity index (χ1) is 9.90. The van der Waals surface area contributed by atoms with Crippen molar-refractivity contribution in [1.82, 2.24) is 9.97 Å². The van der Waals surface area contributed by atoms with E-state index in [-0.39, 0.29) is 5.41 Å². The maximum Gasteiger partial charge on any atom is 0.129 e. The third kappa shape index (κ3) is 4.02. The van der Waals surface area contributed by atoms with Crippen molar-refractivity contribution < 1.29 is 0 Å². The van der Waals surface area contributed by atoms with E-state index in [0.717, 1.165) is 29.3 Å². The number of anilines is 1. The van der Waals surface area contributed by atoms with Crippen molar-refractivity contribution in [3.8, 4) is 0 Å². The second-order valence-electron chi connectivity index (χ2n) is 6.35. The van der Waals surface area contributed by atoms with Crippen LogP contribution >= 0.6 is 0 Å². The fourth-order valence-corrected chi connectivity index (χ4v) is 2.08. The standard InChI is InChI=1S/C17H24N4/c1-17(2,3)15-9-13(11-18)10-16(20-15)21(4)12-14-7-5-6-8-19-14/h5-10H,11-12,18H2,1-4H3. The summed E-state index contributed by atoms with van der Waals surface area (Å²) in [5, 5.41) is 0. The van der Waals surface area contributed by atoms with Crippen molar-refractivity contribution in [2.24, 2.45) is 5.73 Å². The Balaban J connectivity index is 2.30. The lowest BCUT2D eigenvalue weighted by Gasteiger charge is -2.24. The summed E-state index contributed by atoms with van der Waals surface area (Å²) in [5.41, 5.74) is 9.03. The molecule has 0 radical (unpaired) electrons. The van der Waals surface area contributed by atoms with Crippen LogP contribution in [0.3, 0.4) is 0 Å². The molecule has 0 unspecified atom stereocenters. The van der Waals surface area contributed by atoms with Crippen LogP contribution in [0.15, 0.2) is 36.5 Å². The Morgan fingerprint density at radius 1 is 1.19 bits per heavy atom. The molecule has 0 spiro atoms. The molecule has 2 N–H and O–H groups in total. The summed E-state index contributed by atoms with van der Waals surface area (Å²) in [4.78, 5) is 11.3. The van der Waals surface area contributed by atoms with Gasteiger partial charge in [-0.25, -0.2) is 4.98 Å². The summed E-state index contributed by atoms with van der Waals surface area (Å²) >= 11 is 0. The Hall–Kier alpha value is -1.94. The van der Waals surface area contributed by atoms with Gasteiger partial charge in [0.25, 0.3) is 0 Å².